The number of hydrogen-bond acceptors (Lipinski definition) is 3. The molecule has 5 nitrogen and oxygen atoms in total. The molecule has 1 aromatic heterocycles. The summed E-state index contributed by atoms with van der Waals surface area (Å²) in [5, 5.41) is 5.12. The number of halogens is 1. The summed E-state index contributed by atoms with van der Waals surface area (Å²) >= 11 is 5.95. The monoisotopic (exact) mass is 366 g/mol. The van der Waals surface area contributed by atoms with Gasteiger partial charge in [0.1, 0.15) is 5.82 Å². The van der Waals surface area contributed by atoms with E-state index in [-0.39, 0.29) is 11.7 Å². The van der Waals surface area contributed by atoms with Crippen LogP contribution >= 0.6 is 11.6 Å². The van der Waals surface area contributed by atoms with E-state index in [4.69, 9.17) is 11.6 Å². The zero-order valence-electron chi connectivity index (χ0n) is 14.5. The topological polar surface area (TPSA) is 51.0 Å². The summed E-state index contributed by atoms with van der Waals surface area (Å²) in [6.45, 7) is 2.53. The molecule has 0 saturated carbocycles. The summed E-state index contributed by atoms with van der Waals surface area (Å²) in [4.78, 5) is 19.4. The van der Waals surface area contributed by atoms with Gasteiger partial charge in [0.05, 0.1) is 5.69 Å². The smallest absolute Gasteiger partial charge is 0.297 e. The van der Waals surface area contributed by atoms with Crippen molar-refractivity contribution in [1.82, 2.24) is 14.8 Å². The summed E-state index contributed by atoms with van der Waals surface area (Å²) in [5.74, 6) is 0.725. The lowest BCUT2D eigenvalue weighted by Crippen LogP contribution is -2.32. The molecule has 0 unspecified atom stereocenters. The molecule has 132 valence electrons. The van der Waals surface area contributed by atoms with E-state index in [1.807, 2.05) is 42.2 Å². The van der Waals surface area contributed by atoms with Gasteiger partial charge < -0.3 is 4.90 Å². The van der Waals surface area contributed by atoms with Crippen molar-refractivity contribution in [3.8, 4) is 5.69 Å². The fourth-order valence-corrected chi connectivity index (χ4v) is 3.46. The summed E-state index contributed by atoms with van der Waals surface area (Å²) in [7, 11) is 0. The molecule has 1 aliphatic rings. The number of para-hydroxylation sites is 1. The second kappa shape index (κ2) is 6.92. The fraction of sp³-hybridized carbons (Fsp3) is 0.250. The lowest BCUT2D eigenvalue weighted by molar-refractivity contribution is 0.0977. The van der Waals surface area contributed by atoms with Gasteiger partial charge in [0.15, 0.2) is 0 Å². The average molecular weight is 367 g/mol. The first-order valence-corrected chi connectivity index (χ1v) is 9.10. The molecule has 0 radical (unpaired) electrons. The van der Waals surface area contributed by atoms with Crippen LogP contribution in [0.5, 0.6) is 0 Å². The summed E-state index contributed by atoms with van der Waals surface area (Å²) in [5.41, 5.74) is 3.00. The average Bonchev–Trinajstić information content (AvgIpc) is 2.91. The van der Waals surface area contributed by atoms with Crippen molar-refractivity contribution in [1.29, 1.82) is 0 Å². The maximum atomic E-state index is 13.1. The van der Waals surface area contributed by atoms with Gasteiger partial charge in [-0.15, -0.1) is 5.10 Å². The molecule has 3 aromatic rings. The molecule has 2 heterocycles. The Morgan fingerprint density at radius 1 is 1.08 bits per heavy atom. The third-order valence-corrected chi connectivity index (χ3v) is 4.89. The van der Waals surface area contributed by atoms with Crippen LogP contribution in [0, 0.1) is 6.92 Å². The van der Waals surface area contributed by atoms with Crippen LogP contribution < -0.4 is 4.90 Å². The largest absolute Gasteiger partial charge is 0.305 e. The molecule has 0 fully saturated rings. The molecule has 4 rings (SSSR count). The SMILES string of the molecule is Cc1nc(C(=O)N2CCCCc3ccccc32)nn1-c1ccc(Cl)cc1. The number of fused-ring (bicyclic) bond motifs is 1. The normalized spacial score (nSPS) is 14.0. The van der Waals surface area contributed by atoms with Crippen molar-refractivity contribution < 1.29 is 4.79 Å². The van der Waals surface area contributed by atoms with Gasteiger partial charge in [-0.25, -0.2) is 9.67 Å². The first-order chi connectivity index (χ1) is 12.6. The number of benzene rings is 2. The molecule has 0 aliphatic carbocycles. The van der Waals surface area contributed by atoms with E-state index < -0.39 is 0 Å². The third-order valence-electron chi connectivity index (χ3n) is 4.64. The molecule has 0 N–H and O–H groups in total. The van der Waals surface area contributed by atoms with Gasteiger partial charge in [0.2, 0.25) is 5.82 Å². The number of carbonyl (C=O) groups is 1. The zero-order chi connectivity index (χ0) is 18.1. The van der Waals surface area contributed by atoms with Gasteiger partial charge >= 0.3 is 0 Å². The van der Waals surface area contributed by atoms with Gasteiger partial charge in [-0.2, -0.15) is 0 Å². The van der Waals surface area contributed by atoms with E-state index >= 15 is 0 Å². The minimum atomic E-state index is -0.157. The Morgan fingerprint density at radius 2 is 1.85 bits per heavy atom. The first-order valence-electron chi connectivity index (χ1n) is 8.73. The van der Waals surface area contributed by atoms with Crippen molar-refractivity contribution in [2.45, 2.75) is 26.2 Å². The lowest BCUT2D eigenvalue weighted by Gasteiger charge is -2.21. The second-order valence-corrected chi connectivity index (χ2v) is 6.85. The van der Waals surface area contributed by atoms with Crippen LogP contribution in [-0.2, 0) is 6.42 Å². The van der Waals surface area contributed by atoms with E-state index in [2.05, 4.69) is 16.1 Å². The Morgan fingerprint density at radius 3 is 2.65 bits per heavy atom. The molecule has 2 aromatic carbocycles. The number of carbonyl (C=O) groups excluding carboxylic acids is 1. The van der Waals surface area contributed by atoms with Gasteiger partial charge in [-0.05, 0) is 62.1 Å². The van der Waals surface area contributed by atoms with Crippen molar-refractivity contribution in [2.75, 3.05) is 11.4 Å². The third kappa shape index (κ3) is 3.10. The fourth-order valence-electron chi connectivity index (χ4n) is 3.33. The molecule has 0 atom stereocenters. The van der Waals surface area contributed by atoms with Crippen molar-refractivity contribution in [3.63, 3.8) is 0 Å². The van der Waals surface area contributed by atoms with Crippen molar-refractivity contribution in [3.05, 3.63) is 70.8 Å². The molecule has 1 aliphatic heterocycles. The Hall–Kier alpha value is -2.66. The molecule has 0 saturated heterocycles. The summed E-state index contributed by atoms with van der Waals surface area (Å²) < 4.78 is 1.67. The van der Waals surface area contributed by atoms with Gasteiger partial charge in [-0.3, -0.25) is 4.79 Å². The van der Waals surface area contributed by atoms with Gasteiger partial charge in [0, 0.05) is 17.3 Å². The molecular formula is C20H19ClN4O. The Balaban J connectivity index is 1.69. The van der Waals surface area contributed by atoms with Crippen molar-refractivity contribution in [2.24, 2.45) is 0 Å². The second-order valence-electron chi connectivity index (χ2n) is 6.41. The van der Waals surface area contributed by atoms with Crippen molar-refractivity contribution >= 4 is 23.2 Å². The van der Waals surface area contributed by atoms with Gasteiger partial charge in [0.25, 0.3) is 5.91 Å². The molecule has 6 heteroatoms. The van der Waals surface area contributed by atoms with Crippen LogP contribution in [0.15, 0.2) is 48.5 Å². The minimum absolute atomic E-state index is 0.157. The number of hydrogen-bond donors (Lipinski definition) is 0. The van der Waals surface area contributed by atoms with Crippen LogP contribution in [-0.4, -0.2) is 27.2 Å². The van der Waals surface area contributed by atoms with Crippen LogP contribution in [0.2, 0.25) is 5.02 Å². The molecule has 26 heavy (non-hydrogen) atoms. The van der Waals surface area contributed by atoms with E-state index in [0.717, 1.165) is 30.6 Å². The van der Waals surface area contributed by atoms with E-state index in [1.54, 1.807) is 16.8 Å². The summed E-state index contributed by atoms with van der Waals surface area (Å²) in [6.07, 6.45) is 3.04. The van der Waals surface area contributed by atoms with E-state index in [9.17, 15) is 4.79 Å². The summed E-state index contributed by atoms with van der Waals surface area (Å²) in [6, 6.07) is 15.4. The Kier molecular flexibility index (Phi) is 4.47. The Bertz CT molecular complexity index is 949. The highest BCUT2D eigenvalue weighted by Gasteiger charge is 2.25. The standard InChI is InChI=1S/C20H19ClN4O/c1-14-22-19(23-25(14)17-11-9-16(21)10-12-17)20(26)24-13-5-4-7-15-6-2-3-8-18(15)24/h2-3,6,8-12H,4-5,7,13H2,1H3. The molecule has 1 amide bonds. The van der Waals surface area contributed by atoms with Gasteiger partial charge in [-0.1, -0.05) is 29.8 Å². The highest BCUT2D eigenvalue weighted by Crippen LogP contribution is 2.27. The molecule has 0 bridgehead atoms. The molecular weight excluding hydrogens is 348 g/mol. The highest BCUT2D eigenvalue weighted by atomic mass is 35.5. The number of aromatic nitrogens is 3. The predicted molar refractivity (Wildman–Crippen MR) is 102 cm³/mol. The van der Waals surface area contributed by atoms with Crippen LogP contribution in [0.3, 0.4) is 0 Å². The lowest BCUT2D eigenvalue weighted by atomic mass is 10.1. The maximum absolute atomic E-state index is 13.1. The molecule has 0 spiro atoms. The minimum Gasteiger partial charge on any atom is -0.305 e. The van der Waals surface area contributed by atoms with E-state index in [0.29, 0.717) is 17.4 Å². The van der Waals surface area contributed by atoms with Crippen LogP contribution in [0.4, 0.5) is 5.69 Å². The highest BCUT2D eigenvalue weighted by molar-refractivity contribution is 6.30. The van der Waals surface area contributed by atoms with Crippen LogP contribution in [0.1, 0.15) is 34.8 Å². The number of aryl methyl sites for hydroxylation is 2. The maximum Gasteiger partial charge on any atom is 0.297 e. The number of anilines is 1. The van der Waals surface area contributed by atoms with Crippen LogP contribution in [0.25, 0.3) is 5.69 Å². The quantitative estimate of drug-likeness (QED) is 0.682. The predicted octanol–water partition coefficient (Wildman–Crippen LogP) is 4.21. The zero-order valence-corrected chi connectivity index (χ0v) is 15.3. The number of nitrogens with zero attached hydrogens (tertiary/aromatic N) is 4. The first kappa shape index (κ1) is 16.8. The van der Waals surface area contributed by atoms with E-state index in [1.165, 1.54) is 5.56 Å². The number of rotatable bonds is 2. The Labute approximate surface area is 157 Å². The number of amides is 1.